The smallest absolute Gasteiger partial charge is 0.269 e. The number of piperidine rings is 1. The molecule has 5 heterocycles. The van der Waals surface area contributed by atoms with Gasteiger partial charge in [0.05, 0.1) is 24.0 Å². The van der Waals surface area contributed by atoms with Gasteiger partial charge >= 0.3 is 0 Å². The number of H-pyrrole nitrogens is 1. The Bertz CT molecular complexity index is 2470. The van der Waals surface area contributed by atoms with E-state index in [1.165, 1.54) is 18.1 Å². The Balaban J connectivity index is 1.00. The van der Waals surface area contributed by atoms with Gasteiger partial charge in [0.15, 0.2) is 5.82 Å². The Morgan fingerprint density at radius 1 is 0.983 bits per heavy atom. The lowest BCUT2D eigenvalue weighted by Crippen LogP contribution is -2.47. The Labute approximate surface area is 345 Å². The quantitative estimate of drug-likeness (QED) is 0.152. The predicted octanol–water partition coefficient (Wildman–Crippen LogP) is 5.27. The lowest BCUT2D eigenvalue weighted by molar-refractivity contribution is -0.134. The summed E-state index contributed by atoms with van der Waals surface area (Å²) in [5.74, 6) is -1.64. The third-order valence-electron chi connectivity index (χ3n) is 11.5. The zero-order chi connectivity index (χ0) is 42.1. The molecule has 3 aliphatic heterocycles. The molecule has 4 amide bonds. The number of nitrogens with one attached hydrogen (secondary N) is 3. The Morgan fingerprint density at radius 2 is 1.75 bits per heavy atom. The minimum absolute atomic E-state index is 0.0323. The maximum Gasteiger partial charge on any atom is 0.269 e. The van der Waals surface area contributed by atoms with Crippen molar-refractivity contribution < 1.29 is 32.7 Å². The number of methoxy groups -OCH3 is 1. The molecule has 0 bridgehead atoms. The third-order valence-corrected chi connectivity index (χ3v) is 11.5. The fourth-order valence-electron chi connectivity index (χ4n) is 8.18. The molecule has 8 rings (SSSR count). The number of rotatable bonds is 11. The van der Waals surface area contributed by atoms with Crippen molar-refractivity contribution in [1.82, 2.24) is 29.9 Å². The topological polar surface area (TPSA) is 148 Å². The van der Waals surface area contributed by atoms with E-state index < -0.39 is 23.6 Å². The first kappa shape index (κ1) is 40.1. The molecule has 2 saturated heterocycles. The van der Waals surface area contributed by atoms with Crippen LogP contribution in [-0.2, 0) is 20.9 Å². The third kappa shape index (κ3) is 8.13. The number of carbonyl (C=O) groups is 4. The van der Waals surface area contributed by atoms with E-state index in [1.54, 1.807) is 42.0 Å². The van der Waals surface area contributed by atoms with Gasteiger partial charge in [0.1, 0.15) is 23.3 Å². The maximum absolute atomic E-state index is 16.6. The Kier molecular flexibility index (Phi) is 11.3. The summed E-state index contributed by atoms with van der Waals surface area (Å²) in [5, 5.41) is 10.1. The largest absolute Gasteiger partial charge is 0.495 e. The molecule has 0 saturated carbocycles. The average Bonchev–Trinajstić information content (AvgIpc) is 3.96. The van der Waals surface area contributed by atoms with E-state index in [0.717, 1.165) is 16.8 Å². The van der Waals surface area contributed by atoms with Crippen LogP contribution >= 0.6 is 0 Å². The van der Waals surface area contributed by atoms with Gasteiger partial charge in [-0.15, -0.1) is 0 Å². The lowest BCUT2D eigenvalue weighted by Gasteiger charge is -2.37. The van der Waals surface area contributed by atoms with Crippen molar-refractivity contribution in [2.24, 2.45) is 0 Å². The molecule has 0 spiro atoms. The molecule has 2 aromatic heterocycles. The Morgan fingerprint density at radius 3 is 2.45 bits per heavy atom. The number of aryl methyl sites for hydroxylation is 1. The normalized spacial score (nSPS) is 17.1. The van der Waals surface area contributed by atoms with Crippen LogP contribution in [0.3, 0.4) is 0 Å². The Hall–Kier alpha value is -6.71. The van der Waals surface area contributed by atoms with Crippen LogP contribution in [0.15, 0.2) is 73.1 Å². The standard InChI is InChI=1S/C44H47F2N9O5/c1-51(2)44(59)36-23-32-30(22-31(41(46)42(32)49-36)28-6-4-15-54(26-28)40(57)13-17-55-16-5-14-47-55)27-7-9-29(10-8-27)52-18-20-53(21-19-52)37-25-38(60-3)35(24-33(37)45)48-34-11-12-39(56)50-43(34)58/h5-10,14,16,22-25,34,48-49H,4,11-13,15,17-21,26H2,1-3H3,(H,50,56,58)/t34-/m0/s1. The highest BCUT2D eigenvalue weighted by atomic mass is 19.1. The average molecular weight is 820 g/mol. The summed E-state index contributed by atoms with van der Waals surface area (Å²) in [5.41, 5.74) is 4.83. The SMILES string of the molecule is COc1cc(N2CCN(c3ccc(-c4cc(C5=CCCN(C(=O)CCn6cccn6)C5)c(F)c5[nH]c(C(=O)N(C)C)cc45)cc3)CC2)c(F)cc1N[C@H]1CCC(=O)NC1=O. The van der Waals surface area contributed by atoms with E-state index in [2.05, 4.69) is 25.6 Å². The van der Waals surface area contributed by atoms with Crippen LogP contribution in [0.2, 0.25) is 0 Å². The minimum Gasteiger partial charge on any atom is -0.495 e. The van der Waals surface area contributed by atoms with Crippen molar-refractivity contribution in [2.45, 2.75) is 38.3 Å². The molecular formula is C44H47F2N9O5. The van der Waals surface area contributed by atoms with Crippen molar-refractivity contribution in [1.29, 1.82) is 0 Å². The van der Waals surface area contributed by atoms with Crippen LogP contribution in [-0.4, -0.2) is 115 Å². The zero-order valence-electron chi connectivity index (χ0n) is 33.8. The van der Waals surface area contributed by atoms with E-state index in [1.807, 2.05) is 53.6 Å². The number of fused-ring (bicyclic) bond motifs is 1. The van der Waals surface area contributed by atoms with Gasteiger partial charge in [-0.1, -0.05) is 18.2 Å². The minimum atomic E-state index is -0.679. The number of nitrogens with zero attached hydrogens (tertiary/aromatic N) is 6. The molecule has 312 valence electrons. The number of imide groups is 1. The summed E-state index contributed by atoms with van der Waals surface area (Å²) in [6.07, 6.45) is 6.83. The molecule has 0 aliphatic carbocycles. The number of aromatic amines is 1. The first-order chi connectivity index (χ1) is 29.0. The van der Waals surface area contributed by atoms with Crippen molar-refractivity contribution in [3.05, 3.63) is 96.0 Å². The van der Waals surface area contributed by atoms with Gasteiger partial charge in [-0.3, -0.25) is 29.2 Å². The van der Waals surface area contributed by atoms with Crippen molar-refractivity contribution in [3.63, 3.8) is 0 Å². The lowest BCUT2D eigenvalue weighted by atomic mass is 9.93. The van der Waals surface area contributed by atoms with Crippen molar-refractivity contribution in [2.75, 3.05) is 75.6 Å². The maximum atomic E-state index is 16.6. The summed E-state index contributed by atoms with van der Waals surface area (Å²) < 4.78 is 39.5. The number of piperazine rings is 1. The van der Waals surface area contributed by atoms with Crippen molar-refractivity contribution in [3.8, 4) is 16.9 Å². The second kappa shape index (κ2) is 16.9. The number of halogens is 2. The monoisotopic (exact) mass is 819 g/mol. The number of carbonyl (C=O) groups excluding carboxylic acids is 4. The van der Waals surface area contributed by atoms with E-state index in [-0.39, 0.29) is 48.3 Å². The van der Waals surface area contributed by atoms with E-state index >= 15 is 8.78 Å². The molecule has 0 unspecified atom stereocenters. The predicted molar refractivity (Wildman–Crippen MR) is 225 cm³/mol. The molecule has 3 aromatic carbocycles. The van der Waals surface area contributed by atoms with Crippen LogP contribution in [0, 0.1) is 11.6 Å². The number of hydrogen-bond acceptors (Lipinski definition) is 9. The van der Waals surface area contributed by atoms with Gasteiger partial charge in [0, 0.05) is 114 Å². The number of anilines is 3. The second-order valence-electron chi connectivity index (χ2n) is 15.5. The highest BCUT2D eigenvalue weighted by Gasteiger charge is 2.29. The second-order valence-corrected chi connectivity index (χ2v) is 15.5. The molecular weight excluding hydrogens is 773 g/mol. The summed E-state index contributed by atoms with van der Waals surface area (Å²) in [6, 6.07) is 15.6. The molecule has 2 fully saturated rings. The highest BCUT2D eigenvalue weighted by molar-refractivity contribution is 6.05. The van der Waals surface area contributed by atoms with Crippen LogP contribution < -0.4 is 25.2 Å². The van der Waals surface area contributed by atoms with Crippen LogP contribution in [0.4, 0.5) is 25.8 Å². The number of hydrogen-bond donors (Lipinski definition) is 3. The van der Waals surface area contributed by atoms with E-state index in [9.17, 15) is 19.2 Å². The van der Waals surface area contributed by atoms with E-state index in [4.69, 9.17) is 4.74 Å². The number of aromatic nitrogens is 3. The molecule has 16 heteroatoms. The van der Waals surface area contributed by atoms with Gasteiger partial charge in [-0.2, -0.15) is 5.10 Å². The molecule has 0 radical (unpaired) electrons. The highest BCUT2D eigenvalue weighted by Crippen LogP contribution is 2.38. The summed E-state index contributed by atoms with van der Waals surface area (Å²) in [4.78, 5) is 60.6. The zero-order valence-corrected chi connectivity index (χ0v) is 33.8. The number of benzene rings is 3. The van der Waals surface area contributed by atoms with Crippen LogP contribution in [0.5, 0.6) is 5.75 Å². The van der Waals surface area contributed by atoms with Gasteiger partial charge in [-0.25, -0.2) is 8.78 Å². The molecule has 1 atom stereocenters. The molecule has 5 aromatic rings. The first-order valence-corrected chi connectivity index (χ1v) is 20.1. The molecule has 3 N–H and O–H groups in total. The fourth-order valence-corrected chi connectivity index (χ4v) is 8.18. The van der Waals surface area contributed by atoms with Gasteiger partial charge in [0.2, 0.25) is 17.7 Å². The van der Waals surface area contributed by atoms with Crippen LogP contribution in [0.25, 0.3) is 27.6 Å². The van der Waals surface area contributed by atoms with Gasteiger partial charge < -0.3 is 34.6 Å². The molecule has 3 aliphatic rings. The van der Waals surface area contributed by atoms with E-state index in [0.29, 0.717) is 85.8 Å². The number of ether oxygens (including phenoxy) is 1. The van der Waals surface area contributed by atoms with Gasteiger partial charge in [0.25, 0.3) is 5.91 Å². The number of amides is 4. The molecule has 60 heavy (non-hydrogen) atoms. The summed E-state index contributed by atoms with van der Waals surface area (Å²) in [6.45, 7) is 3.55. The summed E-state index contributed by atoms with van der Waals surface area (Å²) >= 11 is 0. The van der Waals surface area contributed by atoms with Crippen LogP contribution in [0.1, 0.15) is 41.7 Å². The van der Waals surface area contributed by atoms with Crippen molar-refractivity contribution >= 4 is 57.2 Å². The van der Waals surface area contributed by atoms with Gasteiger partial charge in [-0.05, 0) is 59.9 Å². The fraction of sp³-hybridized carbons (Fsp3) is 0.341. The first-order valence-electron chi connectivity index (χ1n) is 20.1. The molecule has 14 nitrogen and oxygen atoms in total. The summed E-state index contributed by atoms with van der Waals surface area (Å²) in [7, 11) is 4.78.